The van der Waals surface area contributed by atoms with Crippen LogP contribution in [0.4, 0.5) is 0 Å². The second-order valence-electron chi connectivity index (χ2n) is 4.78. The summed E-state index contributed by atoms with van der Waals surface area (Å²) in [7, 11) is 3.56. The van der Waals surface area contributed by atoms with Crippen LogP contribution < -0.4 is 20.1 Å². The average molecular weight is 320 g/mol. The molecule has 0 aliphatic carbocycles. The lowest BCUT2D eigenvalue weighted by atomic mass is 10.1. The summed E-state index contributed by atoms with van der Waals surface area (Å²) < 4.78 is 16.0. The largest absolute Gasteiger partial charge is 0.493 e. The first-order valence-electron chi connectivity index (χ1n) is 7.00. The predicted octanol–water partition coefficient (Wildman–Crippen LogP) is 2.36. The van der Waals surface area contributed by atoms with Gasteiger partial charge in [-0.05, 0) is 23.9 Å². The Morgan fingerprint density at radius 1 is 1.05 bits per heavy atom. The van der Waals surface area contributed by atoms with Crippen LogP contribution in [0.15, 0.2) is 42.5 Å². The van der Waals surface area contributed by atoms with Crippen LogP contribution in [0.3, 0.4) is 0 Å². The third-order valence-corrected chi connectivity index (χ3v) is 4.59. The summed E-state index contributed by atoms with van der Waals surface area (Å²) >= 11 is 0. The van der Waals surface area contributed by atoms with Crippen molar-refractivity contribution in [2.75, 3.05) is 21.0 Å². The van der Waals surface area contributed by atoms with Gasteiger partial charge in [0.2, 0.25) is 0 Å². The highest BCUT2D eigenvalue weighted by Gasteiger charge is 2.14. The summed E-state index contributed by atoms with van der Waals surface area (Å²) in [5.74, 6) is 1.36. The Labute approximate surface area is 132 Å². The number of methoxy groups -OCH3 is 2. The molecule has 5 heteroatoms. The van der Waals surface area contributed by atoms with Crippen LogP contribution in [0.1, 0.15) is 18.6 Å². The molecule has 0 saturated heterocycles. The summed E-state index contributed by atoms with van der Waals surface area (Å²) in [6.45, 7) is 1.94. The first-order valence-corrected chi connectivity index (χ1v) is 8.00. The van der Waals surface area contributed by atoms with Gasteiger partial charge >= 0.3 is 0 Å². The third kappa shape index (κ3) is 3.98. The molecule has 118 valence electrons. The lowest BCUT2D eigenvalue weighted by Crippen LogP contribution is -2.14. The molecule has 0 heterocycles. The lowest BCUT2D eigenvalue weighted by molar-refractivity contribution is 0.0500. The molecule has 2 aromatic carbocycles. The highest BCUT2D eigenvalue weighted by atomic mass is 31.1. The molecule has 22 heavy (non-hydrogen) atoms. The fourth-order valence-electron chi connectivity index (χ4n) is 2.16. The summed E-state index contributed by atoms with van der Waals surface area (Å²) in [4.78, 5) is 0. The van der Waals surface area contributed by atoms with Gasteiger partial charge in [0.15, 0.2) is 18.3 Å². The van der Waals surface area contributed by atoms with Crippen LogP contribution in [0, 0.1) is 0 Å². The van der Waals surface area contributed by atoms with Crippen molar-refractivity contribution in [1.82, 2.24) is 0 Å². The van der Waals surface area contributed by atoms with E-state index in [1.54, 1.807) is 21.1 Å². The highest BCUT2D eigenvalue weighted by Crippen LogP contribution is 2.30. The van der Waals surface area contributed by atoms with Gasteiger partial charge < -0.3 is 19.3 Å². The van der Waals surface area contributed by atoms with Gasteiger partial charge in [0.25, 0.3) is 0 Å². The molecule has 2 unspecified atom stereocenters. The molecule has 2 atom stereocenters. The standard InChI is InChI=1S/C17H21O4P/c1-12(18)13-7-4-5-9-15(13)22-16-10-6-8-14(20-3)17(16)21-11-19-2/h4-10,12,18,22H,11H2,1-3H3. The van der Waals surface area contributed by atoms with E-state index < -0.39 is 6.10 Å². The maximum atomic E-state index is 9.92. The fourth-order valence-corrected chi connectivity index (χ4v) is 3.56. The van der Waals surface area contributed by atoms with Crippen LogP contribution in [0.5, 0.6) is 11.5 Å². The maximum Gasteiger partial charge on any atom is 0.188 e. The van der Waals surface area contributed by atoms with Crippen LogP contribution in [-0.4, -0.2) is 26.1 Å². The Morgan fingerprint density at radius 2 is 1.77 bits per heavy atom. The summed E-state index contributed by atoms with van der Waals surface area (Å²) in [5, 5.41) is 12.0. The Kier molecular flexibility index (Phi) is 6.20. The molecule has 1 N–H and O–H groups in total. The number of para-hydroxylation sites is 1. The third-order valence-electron chi connectivity index (χ3n) is 3.20. The summed E-state index contributed by atoms with van der Waals surface area (Å²) in [6.07, 6.45) is -0.502. The smallest absolute Gasteiger partial charge is 0.188 e. The minimum absolute atomic E-state index is 0.163. The van der Waals surface area contributed by atoms with Gasteiger partial charge in [0.1, 0.15) is 0 Å². The van der Waals surface area contributed by atoms with Gasteiger partial charge in [-0.1, -0.05) is 45.0 Å². The zero-order chi connectivity index (χ0) is 15.9. The number of aliphatic hydroxyl groups excluding tert-OH is 1. The normalized spacial score (nSPS) is 12.5. The van der Waals surface area contributed by atoms with E-state index in [1.807, 2.05) is 42.5 Å². The van der Waals surface area contributed by atoms with E-state index >= 15 is 0 Å². The molecule has 4 nitrogen and oxygen atoms in total. The number of aliphatic hydroxyl groups is 1. The van der Waals surface area contributed by atoms with Crippen molar-refractivity contribution in [3.63, 3.8) is 0 Å². The summed E-state index contributed by atoms with van der Waals surface area (Å²) in [6, 6.07) is 13.7. The minimum Gasteiger partial charge on any atom is -0.493 e. The van der Waals surface area contributed by atoms with Crippen molar-refractivity contribution >= 4 is 19.2 Å². The Morgan fingerprint density at radius 3 is 2.45 bits per heavy atom. The molecule has 0 fully saturated rings. The van der Waals surface area contributed by atoms with Crippen LogP contribution >= 0.6 is 8.58 Å². The molecule has 0 amide bonds. The predicted molar refractivity (Wildman–Crippen MR) is 90.2 cm³/mol. The van der Waals surface area contributed by atoms with Crippen molar-refractivity contribution < 1.29 is 19.3 Å². The van der Waals surface area contributed by atoms with Gasteiger partial charge in [-0.15, -0.1) is 0 Å². The number of ether oxygens (including phenoxy) is 3. The number of rotatable bonds is 7. The number of hydrogen-bond acceptors (Lipinski definition) is 4. The summed E-state index contributed by atoms with van der Waals surface area (Å²) in [5.41, 5.74) is 0.932. The van der Waals surface area contributed by atoms with Gasteiger partial charge in [-0.3, -0.25) is 0 Å². The Bertz CT molecular complexity index is 613. The van der Waals surface area contributed by atoms with Crippen molar-refractivity contribution in [1.29, 1.82) is 0 Å². The van der Waals surface area contributed by atoms with E-state index in [9.17, 15) is 5.11 Å². The fraction of sp³-hybridized carbons (Fsp3) is 0.294. The molecule has 0 spiro atoms. The Balaban J connectivity index is 2.37. The van der Waals surface area contributed by atoms with E-state index in [2.05, 4.69) is 0 Å². The minimum atomic E-state index is -0.502. The molecular weight excluding hydrogens is 299 g/mol. The zero-order valence-corrected chi connectivity index (χ0v) is 14.0. The van der Waals surface area contributed by atoms with E-state index in [0.717, 1.165) is 16.2 Å². The van der Waals surface area contributed by atoms with E-state index in [0.29, 0.717) is 20.1 Å². The SMILES string of the molecule is COCOc1c(OC)cccc1Pc1ccccc1C(C)O. The molecule has 0 radical (unpaired) electrons. The van der Waals surface area contributed by atoms with Gasteiger partial charge in [0, 0.05) is 12.4 Å². The second kappa shape index (κ2) is 8.14. The zero-order valence-electron chi connectivity index (χ0n) is 13.0. The molecule has 0 aliphatic rings. The second-order valence-corrected chi connectivity index (χ2v) is 6.10. The van der Waals surface area contributed by atoms with Crippen molar-refractivity contribution in [3.8, 4) is 11.5 Å². The Hall–Kier alpha value is -1.61. The average Bonchev–Trinajstić information content (AvgIpc) is 2.53. The molecule has 2 rings (SSSR count). The molecule has 0 aromatic heterocycles. The molecule has 2 aromatic rings. The van der Waals surface area contributed by atoms with Crippen molar-refractivity contribution in [3.05, 3.63) is 48.0 Å². The van der Waals surface area contributed by atoms with Crippen molar-refractivity contribution in [2.24, 2.45) is 0 Å². The topological polar surface area (TPSA) is 47.9 Å². The van der Waals surface area contributed by atoms with Crippen LogP contribution in [-0.2, 0) is 4.74 Å². The van der Waals surface area contributed by atoms with Crippen LogP contribution in [0.25, 0.3) is 0 Å². The molecule has 0 bridgehead atoms. The monoisotopic (exact) mass is 320 g/mol. The van der Waals surface area contributed by atoms with Crippen LogP contribution in [0.2, 0.25) is 0 Å². The first-order chi connectivity index (χ1) is 10.7. The van der Waals surface area contributed by atoms with Gasteiger partial charge in [-0.25, -0.2) is 0 Å². The first kappa shape index (κ1) is 16.8. The van der Waals surface area contributed by atoms with E-state index in [1.165, 1.54) is 0 Å². The maximum absolute atomic E-state index is 9.92. The number of benzene rings is 2. The van der Waals surface area contributed by atoms with E-state index in [4.69, 9.17) is 14.2 Å². The highest BCUT2D eigenvalue weighted by molar-refractivity contribution is 7.55. The van der Waals surface area contributed by atoms with E-state index in [-0.39, 0.29) is 6.79 Å². The molecular formula is C17H21O4P. The van der Waals surface area contributed by atoms with Gasteiger partial charge in [0.05, 0.1) is 13.2 Å². The quantitative estimate of drug-likeness (QED) is 0.628. The lowest BCUT2D eigenvalue weighted by Gasteiger charge is -2.16. The molecule has 0 aliphatic heterocycles. The number of hydrogen-bond donors (Lipinski definition) is 1. The molecule has 0 saturated carbocycles. The van der Waals surface area contributed by atoms with Gasteiger partial charge in [-0.2, -0.15) is 0 Å². The van der Waals surface area contributed by atoms with Crippen molar-refractivity contribution in [2.45, 2.75) is 13.0 Å².